The van der Waals surface area contributed by atoms with Gasteiger partial charge < -0.3 is 19.1 Å². The molecule has 3 aliphatic rings. The number of rotatable bonds is 7. The summed E-state index contributed by atoms with van der Waals surface area (Å²) in [6, 6.07) is 3.63. The molecule has 2 unspecified atom stereocenters. The molecule has 178 valence electrons. The van der Waals surface area contributed by atoms with Crippen LogP contribution in [0.25, 0.3) is 5.57 Å². The van der Waals surface area contributed by atoms with Crippen molar-refractivity contribution in [2.45, 2.75) is 38.5 Å². The predicted octanol–water partition coefficient (Wildman–Crippen LogP) is 2.89. The lowest BCUT2D eigenvalue weighted by Crippen LogP contribution is -2.39. The summed E-state index contributed by atoms with van der Waals surface area (Å²) in [7, 11) is 4.80. The molecule has 0 N–H and O–H groups in total. The maximum absolute atomic E-state index is 12.8. The zero-order chi connectivity index (χ0) is 23.5. The van der Waals surface area contributed by atoms with E-state index in [-0.39, 0.29) is 42.5 Å². The Kier molecular flexibility index (Phi) is 6.91. The van der Waals surface area contributed by atoms with Crippen LogP contribution in [-0.2, 0) is 14.4 Å². The molecular weight excluding hydrogens is 424 g/mol. The molecule has 3 amide bonds. The van der Waals surface area contributed by atoms with Gasteiger partial charge in [-0.2, -0.15) is 0 Å². The van der Waals surface area contributed by atoms with Crippen molar-refractivity contribution in [3.05, 3.63) is 23.8 Å². The van der Waals surface area contributed by atoms with Crippen LogP contribution in [0.15, 0.2) is 18.2 Å². The highest BCUT2D eigenvalue weighted by Gasteiger charge is 2.47. The highest BCUT2D eigenvalue weighted by Crippen LogP contribution is 2.41. The number of imide groups is 1. The first-order valence-electron chi connectivity index (χ1n) is 11.6. The number of hydrogen-bond donors (Lipinski definition) is 0. The van der Waals surface area contributed by atoms with Gasteiger partial charge in [0.05, 0.1) is 38.7 Å². The lowest BCUT2D eigenvalue weighted by atomic mass is 9.81. The third kappa shape index (κ3) is 4.43. The Labute approximate surface area is 194 Å². The van der Waals surface area contributed by atoms with E-state index in [9.17, 15) is 14.4 Å². The second-order valence-corrected chi connectivity index (χ2v) is 8.80. The molecule has 2 atom stereocenters. The molecule has 1 saturated carbocycles. The molecule has 2 fully saturated rings. The average Bonchev–Trinajstić information content (AvgIpc) is 3.11. The Bertz CT molecular complexity index is 923. The molecule has 0 radical (unpaired) electrons. The molecule has 8 nitrogen and oxygen atoms in total. The van der Waals surface area contributed by atoms with Gasteiger partial charge in [-0.25, -0.2) is 0 Å². The van der Waals surface area contributed by atoms with Crippen molar-refractivity contribution in [1.82, 2.24) is 9.80 Å². The van der Waals surface area contributed by atoms with E-state index in [2.05, 4.69) is 0 Å². The number of carbonyl (C=O) groups excluding carboxylic acids is 3. The quantitative estimate of drug-likeness (QED) is 0.587. The van der Waals surface area contributed by atoms with Crippen LogP contribution in [0.4, 0.5) is 0 Å². The number of amides is 3. The number of hydrogen-bond acceptors (Lipinski definition) is 6. The van der Waals surface area contributed by atoms with Gasteiger partial charge in [-0.3, -0.25) is 19.3 Å². The number of ether oxygens (including phenoxy) is 3. The van der Waals surface area contributed by atoms with E-state index in [1.165, 1.54) is 4.90 Å². The minimum absolute atomic E-state index is 0.0468. The third-order valence-corrected chi connectivity index (χ3v) is 7.08. The lowest BCUT2D eigenvalue weighted by Gasteiger charge is -2.28. The van der Waals surface area contributed by atoms with E-state index in [4.69, 9.17) is 14.2 Å². The third-order valence-electron chi connectivity index (χ3n) is 7.08. The molecule has 2 aliphatic heterocycles. The van der Waals surface area contributed by atoms with E-state index in [0.717, 1.165) is 36.8 Å². The zero-order valence-electron chi connectivity index (χ0n) is 19.6. The van der Waals surface area contributed by atoms with Gasteiger partial charge in [0.1, 0.15) is 17.2 Å². The Morgan fingerprint density at radius 2 is 1.58 bits per heavy atom. The van der Waals surface area contributed by atoms with Crippen molar-refractivity contribution in [2.75, 3.05) is 41.0 Å². The number of carbonyl (C=O) groups is 3. The van der Waals surface area contributed by atoms with Crippen molar-refractivity contribution in [2.24, 2.45) is 11.8 Å². The van der Waals surface area contributed by atoms with Crippen LogP contribution in [0.3, 0.4) is 0 Å². The number of nitrogens with zero attached hydrogens (tertiary/aromatic N) is 2. The maximum atomic E-state index is 12.8. The summed E-state index contributed by atoms with van der Waals surface area (Å²) in [5.74, 6) is 1.40. The van der Waals surface area contributed by atoms with Crippen LogP contribution in [0.5, 0.6) is 17.2 Å². The SMILES string of the molecule is COc1cc(OC)c(C2=CCN(C(=O)CCN3C(=O)C4CCCCC4C3=O)CC2)c(OC)c1. The average molecular weight is 457 g/mol. The zero-order valence-corrected chi connectivity index (χ0v) is 19.6. The lowest BCUT2D eigenvalue weighted by molar-refractivity contribution is -0.140. The monoisotopic (exact) mass is 456 g/mol. The molecule has 1 saturated heterocycles. The first-order valence-corrected chi connectivity index (χ1v) is 11.6. The van der Waals surface area contributed by atoms with Gasteiger partial charge in [-0.05, 0) is 24.8 Å². The summed E-state index contributed by atoms with van der Waals surface area (Å²) < 4.78 is 16.4. The topological polar surface area (TPSA) is 85.4 Å². The van der Waals surface area contributed by atoms with Crippen LogP contribution in [0, 0.1) is 11.8 Å². The Morgan fingerprint density at radius 1 is 0.970 bits per heavy atom. The summed E-state index contributed by atoms with van der Waals surface area (Å²) in [5.41, 5.74) is 1.91. The molecule has 8 heteroatoms. The van der Waals surface area contributed by atoms with Crippen molar-refractivity contribution in [3.8, 4) is 17.2 Å². The fraction of sp³-hybridized carbons (Fsp3) is 0.560. The van der Waals surface area contributed by atoms with Gasteiger partial charge in [-0.1, -0.05) is 18.9 Å². The first kappa shape index (κ1) is 23.1. The molecular formula is C25H32N2O6. The van der Waals surface area contributed by atoms with Crippen LogP contribution in [0.2, 0.25) is 0 Å². The van der Waals surface area contributed by atoms with Gasteiger partial charge in [-0.15, -0.1) is 0 Å². The van der Waals surface area contributed by atoms with Crippen molar-refractivity contribution >= 4 is 23.3 Å². The number of fused-ring (bicyclic) bond motifs is 1. The van der Waals surface area contributed by atoms with Crippen LogP contribution in [-0.4, -0.2) is 68.5 Å². The summed E-state index contributed by atoms with van der Waals surface area (Å²) in [4.78, 5) is 41.2. The first-order chi connectivity index (χ1) is 16.0. The molecule has 0 spiro atoms. The van der Waals surface area contributed by atoms with Crippen molar-refractivity contribution in [3.63, 3.8) is 0 Å². The minimum Gasteiger partial charge on any atom is -0.496 e. The number of methoxy groups -OCH3 is 3. The maximum Gasteiger partial charge on any atom is 0.233 e. The molecule has 1 aromatic rings. The fourth-order valence-corrected chi connectivity index (χ4v) is 5.26. The standard InChI is InChI=1S/C25H32N2O6/c1-31-17-14-20(32-2)23(21(15-17)33-3)16-8-11-26(12-9-16)22(28)10-13-27-24(29)18-6-4-5-7-19(18)25(27)30/h8,14-15,18-19H,4-7,9-13H2,1-3H3. The number of likely N-dealkylation sites (tertiary alicyclic amines) is 1. The summed E-state index contributed by atoms with van der Waals surface area (Å²) in [6.07, 6.45) is 6.40. The second kappa shape index (κ2) is 9.85. The molecule has 1 aliphatic carbocycles. The van der Waals surface area contributed by atoms with E-state index >= 15 is 0 Å². The van der Waals surface area contributed by atoms with Crippen LogP contribution < -0.4 is 14.2 Å². The van der Waals surface area contributed by atoms with E-state index < -0.39 is 0 Å². The van der Waals surface area contributed by atoms with Gasteiger partial charge in [0.2, 0.25) is 17.7 Å². The predicted molar refractivity (Wildman–Crippen MR) is 122 cm³/mol. The molecule has 0 aromatic heterocycles. The Morgan fingerprint density at radius 3 is 2.06 bits per heavy atom. The normalized spacial score (nSPS) is 22.7. The van der Waals surface area contributed by atoms with Gasteiger partial charge >= 0.3 is 0 Å². The van der Waals surface area contributed by atoms with E-state index in [0.29, 0.717) is 36.8 Å². The second-order valence-electron chi connectivity index (χ2n) is 8.80. The molecule has 1 aromatic carbocycles. The van der Waals surface area contributed by atoms with Crippen LogP contribution in [0.1, 0.15) is 44.1 Å². The van der Waals surface area contributed by atoms with Gasteiger partial charge in [0.25, 0.3) is 0 Å². The summed E-state index contributed by atoms with van der Waals surface area (Å²) in [5, 5.41) is 0. The molecule has 0 bridgehead atoms. The highest BCUT2D eigenvalue weighted by molar-refractivity contribution is 6.05. The minimum atomic E-state index is -0.170. The Hall–Kier alpha value is -3.03. The smallest absolute Gasteiger partial charge is 0.233 e. The van der Waals surface area contributed by atoms with E-state index in [1.807, 2.05) is 18.2 Å². The summed E-state index contributed by atoms with van der Waals surface area (Å²) >= 11 is 0. The van der Waals surface area contributed by atoms with Crippen molar-refractivity contribution in [1.29, 1.82) is 0 Å². The van der Waals surface area contributed by atoms with Gasteiger partial charge in [0.15, 0.2) is 0 Å². The Balaban J connectivity index is 1.40. The van der Waals surface area contributed by atoms with E-state index in [1.54, 1.807) is 26.2 Å². The molecule has 2 heterocycles. The largest absolute Gasteiger partial charge is 0.496 e. The van der Waals surface area contributed by atoms with Crippen LogP contribution >= 0.6 is 0 Å². The number of benzene rings is 1. The highest BCUT2D eigenvalue weighted by atomic mass is 16.5. The summed E-state index contributed by atoms with van der Waals surface area (Å²) in [6.45, 7) is 1.19. The molecule has 4 rings (SSSR count). The van der Waals surface area contributed by atoms with Crippen molar-refractivity contribution < 1.29 is 28.6 Å². The molecule has 33 heavy (non-hydrogen) atoms. The fourth-order valence-electron chi connectivity index (χ4n) is 5.26. The van der Waals surface area contributed by atoms with Gasteiger partial charge in [0, 0.05) is 38.2 Å².